The molecule has 0 heterocycles. The van der Waals surface area contributed by atoms with Gasteiger partial charge >= 0.3 is 25.8 Å². The van der Waals surface area contributed by atoms with Crippen LogP contribution in [0.1, 0.15) is 73.1 Å². The molecule has 3 rings (SSSR count). The first-order valence-corrected chi connectivity index (χ1v) is 9.32. The van der Waals surface area contributed by atoms with Crippen molar-refractivity contribution in [3.8, 4) is 0 Å². The van der Waals surface area contributed by atoms with Crippen LogP contribution in [0.2, 0.25) is 0 Å². The Morgan fingerprint density at radius 2 is 1.81 bits per heavy atom. The second kappa shape index (κ2) is 13.1. The first-order valence-electron chi connectivity index (χ1n) is 9.32. The first-order chi connectivity index (χ1) is 10.9. The van der Waals surface area contributed by atoms with Gasteiger partial charge in [0.2, 0.25) is 0 Å². The zero-order chi connectivity index (χ0) is 17.0. The minimum Gasteiger partial charge on any atom is -1.00 e. The number of fused-ring (bicyclic) bond motifs is 1. The second-order valence-corrected chi connectivity index (χ2v) is 7.92. The van der Waals surface area contributed by atoms with E-state index in [1.807, 2.05) is 0 Å². The van der Waals surface area contributed by atoms with Gasteiger partial charge < -0.3 is 40.9 Å². The zero-order valence-corrected chi connectivity index (χ0v) is 23.9. The molecule has 0 radical (unpaired) electrons. The summed E-state index contributed by atoms with van der Waals surface area (Å²) in [5.74, 6) is 1.80. The van der Waals surface area contributed by atoms with Gasteiger partial charge in [0, 0.05) is 0 Å². The number of hydrogen-bond donors (Lipinski definition) is 0. The van der Waals surface area contributed by atoms with E-state index < -0.39 is 0 Å². The quantitative estimate of drug-likeness (QED) is 0.317. The van der Waals surface area contributed by atoms with Crippen LogP contribution in [0, 0.1) is 30.3 Å². The monoisotopic (exact) mass is 648 g/mol. The number of rotatable bonds is 3. The van der Waals surface area contributed by atoms with Gasteiger partial charge in [-0.15, -0.1) is 6.92 Å². The molecule has 0 aromatic heterocycles. The van der Waals surface area contributed by atoms with Crippen LogP contribution in [-0.2, 0) is 25.8 Å². The second-order valence-electron chi connectivity index (χ2n) is 7.92. The molecular weight excluding hydrogens is 615 g/mol. The molecule has 3 aliphatic carbocycles. The summed E-state index contributed by atoms with van der Waals surface area (Å²) in [4.78, 5) is 0. The normalized spacial score (nSPS) is 24.8. The summed E-state index contributed by atoms with van der Waals surface area (Å²) in [6.07, 6.45) is 18.3. The molecule has 144 valence electrons. The fourth-order valence-electron chi connectivity index (χ4n) is 4.13. The van der Waals surface area contributed by atoms with Crippen LogP contribution < -0.4 is 34.0 Å². The molecule has 0 aliphatic heterocycles. The van der Waals surface area contributed by atoms with Gasteiger partial charge in [-0.05, 0) is 37.5 Å². The topological polar surface area (TPSA) is 0 Å². The Bertz CT molecular complexity index is 553. The van der Waals surface area contributed by atoms with E-state index in [-0.39, 0.29) is 65.2 Å². The molecule has 0 nitrogen and oxygen atoms in total. The first kappa shape index (κ1) is 29.0. The minimum absolute atomic E-state index is 0. The van der Waals surface area contributed by atoms with Gasteiger partial charge in [-0.3, -0.25) is 6.08 Å². The van der Waals surface area contributed by atoms with Crippen LogP contribution in [0.3, 0.4) is 0 Å². The summed E-state index contributed by atoms with van der Waals surface area (Å²) in [6.45, 7) is 14.8. The SMILES string of the molecule is CC1=[C-]C(C)(C)C(C)=C1C.[Br-].[Br-].[CH2-]CCCC1CCC2CC=CC=C21.[Hf+4]. The standard InChI is InChI=1S/C13H19.C10H15.2BrH.Hf/c1-2-3-6-11-9-10-12-7-4-5-8-13(11)12;1-7-6-10(4,5)9(3)8(7)2;;;/h4-5,8,11-12H,1-3,6-7,9-10H2;1-5H3;2*1H;/q2*-1;;;+4/p-2. The van der Waals surface area contributed by atoms with Crippen molar-refractivity contribution in [2.24, 2.45) is 17.3 Å². The zero-order valence-electron chi connectivity index (χ0n) is 17.1. The van der Waals surface area contributed by atoms with Crippen LogP contribution in [0.5, 0.6) is 0 Å². The largest absolute Gasteiger partial charge is 4.00 e. The third-order valence-corrected chi connectivity index (χ3v) is 6.02. The Hall–Kier alpha value is 0.790. The fraction of sp³-hybridized carbons (Fsp3) is 0.609. The molecule has 0 bridgehead atoms. The number of hydrogen-bond acceptors (Lipinski definition) is 0. The van der Waals surface area contributed by atoms with Crippen molar-refractivity contribution >= 4 is 0 Å². The van der Waals surface area contributed by atoms with Crippen molar-refractivity contribution in [1.29, 1.82) is 0 Å². The molecule has 3 heteroatoms. The van der Waals surface area contributed by atoms with Crippen molar-refractivity contribution < 1.29 is 59.8 Å². The average Bonchev–Trinajstić information content (AvgIpc) is 3.01. The van der Waals surface area contributed by atoms with Crippen LogP contribution in [0.4, 0.5) is 0 Å². The average molecular weight is 649 g/mol. The van der Waals surface area contributed by atoms with Crippen LogP contribution in [-0.4, -0.2) is 0 Å². The van der Waals surface area contributed by atoms with Crippen molar-refractivity contribution in [2.45, 2.75) is 73.1 Å². The van der Waals surface area contributed by atoms with E-state index >= 15 is 0 Å². The van der Waals surface area contributed by atoms with Crippen molar-refractivity contribution in [2.75, 3.05) is 0 Å². The molecule has 3 aliphatic rings. The maximum atomic E-state index is 3.92. The maximum Gasteiger partial charge on any atom is 4.00 e. The molecule has 0 saturated heterocycles. The molecule has 0 spiro atoms. The molecule has 0 N–H and O–H groups in total. The van der Waals surface area contributed by atoms with Gasteiger partial charge in [0.1, 0.15) is 0 Å². The predicted molar refractivity (Wildman–Crippen MR) is 102 cm³/mol. The number of unbranched alkanes of at least 4 members (excludes halogenated alkanes) is 1. The molecular formula is C23H34Br2Hf. The van der Waals surface area contributed by atoms with E-state index in [9.17, 15) is 0 Å². The third-order valence-electron chi connectivity index (χ3n) is 6.02. The van der Waals surface area contributed by atoms with E-state index in [0.717, 1.165) is 18.3 Å². The molecule has 1 fully saturated rings. The fourth-order valence-corrected chi connectivity index (χ4v) is 4.13. The Balaban J connectivity index is 0. The van der Waals surface area contributed by atoms with Gasteiger partial charge in [0.25, 0.3) is 0 Å². The Morgan fingerprint density at radius 3 is 2.27 bits per heavy atom. The number of allylic oxidation sites excluding steroid dienone is 8. The van der Waals surface area contributed by atoms with Crippen molar-refractivity contribution in [3.05, 3.63) is 53.5 Å². The van der Waals surface area contributed by atoms with E-state index in [4.69, 9.17) is 0 Å². The molecule has 26 heavy (non-hydrogen) atoms. The van der Waals surface area contributed by atoms with Gasteiger partial charge in [-0.25, -0.2) is 5.57 Å². The molecule has 2 atom stereocenters. The Labute approximate surface area is 202 Å². The molecule has 1 saturated carbocycles. The summed E-state index contributed by atoms with van der Waals surface area (Å²) in [5.41, 5.74) is 6.14. The molecule has 0 amide bonds. The van der Waals surface area contributed by atoms with E-state index in [0.29, 0.717) is 0 Å². The molecule has 0 aromatic carbocycles. The summed E-state index contributed by atoms with van der Waals surface area (Å²) in [6, 6.07) is 0. The molecule has 0 aromatic rings. The van der Waals surface area contributed by atoms with Gasteiger partial charge in [0.05, 0.1) is 0 Å². The van der Waals surface area contributed by atoms with Gasteiger partial charge in [0.15, 0.2) is 0 Å². The van der Waals surface area contributed by atoms with Crippen LogP contribution >= 0.6 is 0 Å². The van der Waals surface area contributed by atoms with Gasteiger partial charge in [-0.1, -0.05) is 63.3 Å². The van der Waals surface area contributed by atoms with Crippen LogP contribution in [0.15, 0.2) is 40.5 Å². The maximum absolute atomic E-state index is 3.92. The Kier molecular flexibility index (Phi) is 14.6. The minimum atomic E-state index is 0. The van der Waals surface area contributed by atoms with E-state index in [1.54, 1.807) is 5.57 Å². The van der Waals surface area contributed by atoms with Crippen molar-refractivity contribution in [1.82, 2.24) is 0 Å². The van der Waals surface area contributed by atoms with Crippen molar-refractivity contribution in [3.63, 3.8) is 0 Å². The molecule has 2 unspecified atom stereocenters. The van der Waals surface area contributed by atoms with E-state index in [2.05, 4.69) is 65.8 Å². The number of halogens is 2. The van der Waals surface area contributed by atoms with E-state index in [1.165, 1.54) is 48.8 Å². The predicted octanol–water partition coefficient (Wildman–Crippen LogP) is 1.02. The van der Waals surface area contributed by atoms with Crippen LogP contribution in [0.25, 0.3) is 0 Å². The summed E-state index contributed by atoms with van der Waals surface area (Å²) in [7, 11) is 0. The summed E-state index contributed by atoms with van der Waals surface area (Å²) < 4.78 is 0. The Morgan fingerprint density at radius 1 is 1.15 bits per heavy atom. The smallest absolute Gasteiger partial charge is 1.00 e. The van der Waals surface area contributed by atoms with Gasteiger partial charge in [-0.2, -0.15) is 17.6 Å². The summed E-state index contributed by atoms with van der Waals surface area (Å²) in [5, 5.41) is 0. The third kappa shape index (κ3) is 7.32. The summed E-state index contributed by atoms with van der Waals surface area (Å²) >= 11 is 0.